The van der Waals surface area contributed by atoms with Crippen LogP contribution in [0.2, 0.25) is 0 Å². The number of carbonyl (C=O) groups is 1. The highest BCUT2D eigenvalue weighted by atomic mass is 16.5. The number of anilines is 3. The Morgan fingerprint density at radius 1 is 0.917 bits per heavy atom. The molecule has 1 aromatic heterocycles. The summed E-state index contributed by atoms with van der Waals surface area (Å²) in [6.45, 7) is 0. The Hall–Kier alpha value is -3.41. The van der Waals surface area contributed by atoms with E-state index >= 15 is 0 Å². The van der Waals surface area contributed by atoms with Gasteiger partial charge in [-0.3, -0.25) is 4.79 Å². The molecule has 3 rings (SSSR count). The lowest BCUT2D eigenvalue weighted by Crippen LogP contribution is -2.14. The molecule has 6 heteroatoms. The summed E-state index contributed by atoms with van der Waals surface area (Å²) in [5, 5.41) is 13.9. The minimum atomic E-state index is -0.331. The average Bonchev–Trinajstić information content (AvgIpc) is 2.63. The highest BCUT2D eigenvalue weighted by Crippen LogP contribution is 2.17. The van der Waals surface area contributed by atoms with Crippen LogP contribution in [0.25, 0.3) is 0 Å². The molecule has 0 atom stereocenters. The maximum Gasteiger partial charge on any atom is 0.276 e. The molecule has 0 spiro atoms. The number of hydrogen-bond acceptors (Lipinski definition) is 5. The molecule has 120 valence electrons. The molecule has 0 aliphatic carbocycles. The van der Waals surface area contributed by atoms with Crippen molar-refractivity contribution in [3.05, 3.63) is 72.4 Å². The van der Waals surface area contributed by atoms with E-state index in [-0.39, 0.29) is 11.6 Å². The highest BCUT2D eigenvalue weighted by Gasteiger charge is 2.09. The second kappa shape index (κ2) is 7.23. The fraction of sp³-hybridized carbons (Fsp3) is 0.0556. The summed E-state index contributed by atoms with van der Waals surface area (Å²) in [6.07, 6.45) is 0. The van der Waals surface area contributed by atoms with E-state index in [1.54, 1.807) is 43.5 Å². The van der Waals surface area contributed by atoms with E-state index in [4.69, 9.17) is 4.74 Å². The summed E-state index contributed by atoms with van der Waals surface area (Å²) in [5.41, 5.74) is 1.77. The van der Waals surface area contributed by atoms with Crippen LogP contribution in [0.3, 0.4) is 0 Å². The van der Waals surface area contributed by atoms with Gasteiger partial charge in [-0.05, 0) is 36.4 Å². The molecule has 6 nitrogen and oxygen atoms in total. The zero-order valence-electron chi connectivity index (χ0n) is 13.1. The normalized spacial score (nSPS) is 10.0. The van der Waals surface area contributed by atoms with Crippen LogP contribution >= 0.6 is 0 Å². The first kappa shape index (κ1) is 15.5. The summed E-state index contributed by atoms with van der Waals surface area (Å²) < 4.78 is 5.13. The summed E-state index contributed by atoms with van der Waals surface area (Å²) >= 11 is 0. The maximum absolute atomic E-state index is 12.2. The van der Waals surface area contributed by atoms with Gasteiger partial charge in [0.25, 0.3) is 5.91 Å². The van der Waals surface area contributed by atoms with E-state index in [1.165, 1.54) is 0 Å². The third kappa shape index (κ3) is 3.86. The Morgan fingerprint density at radius 3 is 2.42 bits per heavy atom. The molecule has 0 fully saturated rings. The first-order valence-corrected chi connectivity index (χ1v) is 7.36. The molecule has 24 heavy (non-hydrogen) atoms. The minimum Gasteiger partial charge on any atom is -0.497 e. The van der Waals surface area contributed by atoms with Gasteiger partial charge in [0.15, 0.2) is 11.5 Å². The summed E-state index contributed by atoms with van der Waals surface area (Å²) in [6, 6.07) is 20.1. The molecule has 0 aliphatic heterocycles. The van der Waals surface area contributed by atoms with Crippen LogP contribution < -0.4 is 15.4 Å². The van der Waals surface area contributed by atoms with Gasteiger partial charge in [-0.2, -0.15) is 0 Å². The van der Waals surface area contributed by atoms with Gasteiger partial charge in [0.2, 0.25) is 0 Å². The number of rotatable bonds is 5. The van der Waals surface area contributed by atoms with E-state index in [1.807, 2.05) is 30.3 Å². The summed E-state index contributed by atoms with van der Waals surface area (Å²) in [4.78, 5) is 12.2. The molecule has 0 unspecified atom stereocenters. The van der Waals surface area contributed by atoms with E-state index < -0.39 is 0 Å². The lowest BCUT2D eigenvalue weighted by Gasteiger charge is -2.07. The van der Waals surface area contributed by atoms with Gasteiger partial charge in [0, 0.05) is 17.4 Å². The van der Waals surface area contributed by atoms with Crippen molar-refractivity contribution in [2.24, 2.45) is 0 Å². The Balaban J connectivity index is 1.67. The molecule has 1 amide bonds. The highest BCUT2D eigenvalue weighted by molar-refractivity contribution is 6.02. The molecular formula is C18H16N4O2. The first-order valence-electron chi connectivity index (χ1n) is 7.36. The van der Waals surface area contributed by atoms with Crippen molar-refractivity contribution in [3.8, 4) is 5.75 Å². The topological polar surface area (TPSA) is 76.1 Å². The van der Waals surface area contributed by atoms with E-state index in [9.17, 15) is 4.79 Å². The number of hydrogen-bond donors (Lipinski definition) is 2. The van der Waals surface area contributed by atoms with E-state index in [2.05, 4.69) is 20.8 Å². The van der Waals surface area contributed by atoms with Gasteiger partial charge < -0.3 is 15.4 Å². The van der Waals surface area contributed by atoms with Gasteiger partial charge in [-0.25, -0.2) is 0 Å². The predicted octanol–water partition coefficient (Wildman–Crippen LogP) is 3.48. The molecule has 0 saturated heterocycles. The molecule has 2 N–H and O–H groups in total. The third-order valence-corrected chi connectivity index (χ3v) is 3.27. The molecule has 0 saturated carbocycles. The molecule has 3 aromatic rings. The van der Waals surface area contributed by atoms with Gasteiger partial charge in [0.05, 0.1) is 7.11 Å². The second-order valence-electron chi connectivity index (χ2n) is 4.98. The smallest absolute Gasteiger partial charge is 0.276 e. The number of nitrogens with zero attached hydrogens (tertiary/aromatic N) is 2. The molecule has 0 radical (unpaired) electrons. The van der Waals surface area contributed by atoms with Crippen LogP contribution in [0.4, 0.5) is 17.2 Å². The van der Waals surface area contributed by atoms with Crippen molar-refractivity contribution in [1.29, 1.82) is 0 Å². The molecule has 2 aromatic carbocycles. The van der Waals surface area contributed by atoms with Crippen molar-refractivity contribution in [1.82, 2.24) is 10.2 Å². The minimum absolute atomic E-state index is 0.233. The lowest BCUT2D eigenvalue weighted by atomic mass is 10.3. The molecule has 0 bridgehead atoms. The number of benzene rings is 2. The molecule has 0 aliphatic rings. The van der Waals surface area contributed by atoms with Gasteiger partial charge >= 0.3 is 0 Å². The van der Waals surface area contributed by atoms with Crippen LogP contribution in [-0.2, 0) is 0 Å². The third-order valence-electron chi connectivity index (χ3n) is 3.27. The lowest BCUT2D eigenvalue weighted by molar-refractivity contribution is 0.102. The number of nitrogens with one attached hydrogen (secondary N) is 2. The fourth-order valence-corrected chi connectivity index (χ4v) is 2.09. The van der Waals surface area contributed by atoms with Crippen molar-refractivity contribution < 1.29 is 9.53 Å². The van der Waals surface area contributed by atoms with Gasteiger partial charge in [-0.1, -0.05) is 24.3 Å². The van der Waals surface area contributed by atoms with Crippen molar-refractivity contribution in [2.75, 3.05) is 17.7 Å². The summed E-state index contributed by atoms with van der Waals surface area (Å²) in [7, 11) is 1.57. The zero-order chi connectivity index (χ0) is 16.8. The number of para-hydroxylation sites is 1. The SMILES string of the molecule is COc1cccc(NC(=O)c2ccc(Nc3ccccc3)nn2)c1. The number of ether oxygens (including phenoxy) is 1. The van der Waals surface area contributed by atoms with E-state index in [0.29, 0.717) is 17.3 Å². The van der Waals surface area contributed by atoms with Gasteiger partial charge in [0.1, 0.15) is 5.75 Å². The second-order valence-corrected chi connectivity index (χ2v) is 4.98. The van der Waals surface area contributed by atoms with Gasteiger partial charge in [-0.15, -0.1) is 10.2 Å². The monoisotopic (exact) mass is 320 g/mol. The zero-order valence-corrected chi connectivity index (χ0v) is 13.1. The predicted molar refractivity (Wildman–Crippen MR) is 92.7 cm³/mol. The van der Waals surface area contributed by atoms with Crippen LogP contribution in [0.15, 0.2) is 66.7 Å². The molecular weight excluding hydrogens is 304 g/mol. The van der Waals surface area contributed by atoms with Crippen LogP contribution in [0, 0.1) is 0 Å². The number of amides is 1. The number of carbonyl (C=O) groups excluding carboxylic acids is 1. The quantitative estimate of drug-likeness (QED) is 0.752. The maximum atomic E-state index is 12.2. The van der Waals surface area contributed by atoms with Crippen molar-refractivity contribution >= 4 is 23.1 Å². The standard InChI is InChI=1S/C18H16N4O2/c1-24-15-9-5-8-14(12-15)20-18(23)16-10-11-17(22-21-16)19-13-6-3-2-4-7-13/h2-12H,1H3,(H,19,22)(H,20,23). The Morgan fingerprint density at radius 2 is 1.71 bits per heavy atom. The summed E-state index contributed by atoms with van der Waals surface area (Å²) in [5.74, 6) is 0.905. The van der Waals surface area contributed by atoms with Crippen LogP contribution in [-0.4, -0.2) is 23.2 Å². The Kier molecular flexibility index (Phi) is 4.67. The largest absolute Gasteiger partial charge is 0.497 e. The van der Waals surface area contributed by atoms with Crippen LogP contribution in [0.1, 0.15) is 10.5 Å². The van der Waals surface area contributed by atoms with Crippen molar-refractivity contribution in [2.45, 2.75) is 0 Å². The Bertz CT molecular complexity index is 820. The van der Waals surface area contributed by atoms with E-state index in [0.717, 1.165) is 5.69 Å². The fourth-order valence-electron chi connectivity index (χ4n) is 2.09. The first-order chi connectivity index (χ1) is 11.7. The molecule has 1 heterocycles. The number of aromatic nitrogens is 2. The number of methoxy groups -OCH3 is 1. The van der Waals surface area contributed by atoms with Crippen molar-refractivity contribution in [3.63, 3.8) is 0 Å². The average molecular weight is 320 g/mol. The Labute approximate surface area is 139 Å². The van der Waals surface area contributed by atoms with Crippen LogP contribution in [0.5, 0.6) is 5.75 Å².